The maximum Gasteiger partial charge on any atom is 0.328 e. The first-order chi connectivity index (χ1) is 10.2. The van der Waals surface area contributed by atoms with E-state index in [1.54, 1.807) is 37.5 Å². The Labute approximate surface area is 126 Å². The molecule has 0 aliphatic heterocycles. The van der Waals surface area contributed by atoms with Crippen LogP contribution >= 0.6 is 11.8 Å². The largest absolute Gasteiger partial charge is 0.496 e. The topological polar surface area (TPSA) is 72.3 Å². The second-order valence-corrected chi connectivity index (χ2v) is 5.08. The smallest absolute Gasteiger partial charge is 0.328 e. The normalized spacial score (nSPS) is 10.7. The Morgan fingerprint density at radius 2 is 2.29 bits per heavy atom. The van der Waals surface area contributed by atoms with Crippen molar-refractivity contribution in [2.45, 2.75) is 10.8 Å². The monoisotopic (exact) mass is 302 g/mol. The third kappa shape index (κ3) is 4.61. The Kier molecular flexibility index (Phi) is 5.34. The summed E-state index contributed by atoms with van der Waals surface area (Å²) in [6.07, 6.45) is 7.61. The number of carboxylic acid groups (broad SMARTS) is 1. The predicted octanol–water partition coefficient (Wildman–Crippen LogP) is 2.88. The van der Waals surface area contributed by atoms with Crippen LogP contribution in [0.3, 0.4) is 0 Å². The highest BCUT2D eigenvalue weighted by Gasteiger charge is 2.04. The van der Waals surface area contributed by atoms with Crippen LogP contribution in [0.4, 0.5) is 0 Å². The molecular formula is C15H14N2O3S. The maximum absolute atomic E-state index is 10.6. The van der Waals surface area contributed by atoms with Gasteiger partial charge in [-0.2, -0.15) is 0 Å². The molecule has 21 heavy (non-hydrogen) atoms. The van der Waals surface area contributed by atoms with Crippen LogP contribution in [0.1, 0.15) is 11.1 Å². The summed E-state index contributed by atoms with van der Waals surface area (Å²) in [4.78, 5) is 18.8. The van der Waals surface area contributed by atoms with Gasteiger partial charge in [0, 0.05) is 29.8 Å². The van der Waals surface area contributed by atoms with Crippen molar-refractivity contribution in [1.29, 1.82) is 0 Å². The number of aromatic nitrogens is 2. The van der Waals surface area contributed by atoms with E-state index < -0.39 is 5.97 Å². The summed E-state index contributed by atoms with van der Waals surface area (Å²) in [6, 6.07) is 5.68. The molecule has 2 rings (SSSR count). The van der Waals surface area contributed by atoms with Crippen LogP contribution in [0.15, 0.2) is 47.9 Å². The molecule has 0 radical (unpaired) electrons. The third-order valence-corrected chi connectivity index (χ3v) is 3.61. The molecule has 108 valence electrons. The van der Waals surface area contributed by atoms with Crippen molar-refractivity contribution in [2.24, 2.45) is 0 Å². The molecule has 0 atom stereocenters. The molecule has 0 saturated heterocycles. The molecule has 2 aromatic rings. The fraction of sp³-hybridized carbons (Fsp3) is 0.133. The Balaban J connectivity index is 2.13. The number of ether oxygens (including phenoxy) is 1. The molecule has 0 fully saturated rings. The standard InChI is InChI=1S/C15H14N2O3S/c1-20-13-4-2-11(8-12(13)3-5-15(18)19)10-21-14-9-16-6-7-17-14/h2-9H,10H2,1H3,(H,18,19). The summed E-state index contributed by atoms with van der Waals surface area (Å²) in [5.74, 6) is 0.369. The molecule has 0 bridgehead atoms. The van der Waals surface area contributed by atoms with Crippen molar-refractivity contribution < 1.29 is 14.6 Å². The number of benzene rings is 1. The zero-order chi connectivity index (χ0) is 15.1. The van der Waals surface area contributed by atoms with Crippen LogP contribution in [-0.4, -0.2) is 28.2 Å². The number of nitrogens with zero attached hydrogens (tertiary/aromatic N) is 2. The van der Waals surface area contributed by atoms with Gasteiger partial charge >= 0.3 is 5.97 Å². The van der Waals surface area contributed by atoms with Crippen molar-refractivity contribution in [3.8, 4) is 5.75 Å². The van der Waals surface area contributed by atoms with Gasteiger partial charge in [0.25, 0.3) is 0 Å². The molecular weight excluding hydrogens is 288 g/mol. The molecule has 1 aromatic carbocycles. The van der Waals surface area contributed by atoms with E-state index in [0.717, 1.165) is 28.0 Å². The number of thioether (sulfide) groups is 1. The average molecular weight is 302 g/mol. The van der Waals surface area contributed by atoms with Gasteiger partial charge < -0.3 is 9.84 Å². The van der Waals surface area contributed by atoms with Crippen molar-refractivity contribution in [2.75, 3.05) is 7.11 Å². The molecule has 0 unspecified atom stereocenters. The highest BCUT2D eigenvalue weighted by molar-refractivity contribution is 7.98. The Bertz CT molecular complexity index is 645. The molecule has 0 amide bonds. The molecule has 0 aliphatic rings. The lowest BCUT2D eigenvalue weighted by molar-refractivity contribution is -0.131. The highest BCUT2D eigenvalue weighted by atomic mass is 32.2. The Hall–Kier alpha value is -2.34. The summed E-state index contributed by atoms with van der Waals surface area (Å²) in [7, 11) is 1.56. The van der Waals surface area contributed by atoms with E-state index in [2.05, 4.69) is 9.97 Å². The number of hydrogen-bond acceptors (Lipinski definition) is 5. The minimum Gasteiger partial charge on any atom is -0.496 e. The second-order valence-electron chi connectivity index (χ2n) is 4.08. The van der Waals surface area contributed by atoms with Gasteiger partial charge in [-0.05, 0) is 23.8 Å². The minimum atomic E-state index is -0.989. The SMILES string of the molecule is COc1ccc(CSc2cnccn2)cc1C=CC(=O)O. The molecule has 0 aliphatic carbocycles. The van der Waals surface area contributed by atoms with E-state index in [4.69, 9.17) is 9.84 Å². The zero-order valence-electron chi connectivity index (χ0n) is 11.4. The summed E-state index contributed by atoms with van der Waals surface area (Å²) >= 11 is 1.57. The summed E-state index contributed by atoms with van der Waals surface area (Å²) < 4.78 is 5.22. The molecule has 1 heterocycles. The predicted molar refractivity (Wildman–Crippen MR) is 81.3 cm³/mol. The number of hydrogen-bond donors (Lipinski definition) is 1. The van der Waals surface area contributed by atoms with E-state index in [0.29, 0.717) is 5.75 Å². The van der Waals surface area contributed by atoms with Gasteiger partial charge in [0.2, 0.25) is 0 Å². The van der Waals surface area contributed by atoms with Crippen LogP contribution < -0.4 is 4.74 Å². The fourth-order valence-corrected chi connectivity index (χ4v) is 2.45. The van der Waals surface area contributed by atoms with Gasteiger partial charge in [0.05, 0.1) is 13.3 Å². The number of carbonyl (C=O) groups is 1. The van der Waals surface area contributed by atoms with Gasteiger partial charge in [-0.1, -0.05) is 6.07 Å². The van der Waals surface area contributed by atoms with E-state index in [1.165, 1.54) is 6.08 Å². The van der Waals surface area contributed by atoms with Crippen molar-refractivity contribution in [3.05, 3.63) is 54.0 Å². The number of rotatable bonds is 6. The Morgan fingerprint density at radius 1 is 1.43 bits per heavy atom. The fourth-order valence-electron chi connectivity index (χ4n) is 1.68. The van der Waals surface area contributed by atoms with Gasteiger partial charge in [-0.15, -0.1) is 11.8 Å². The molecule has 1 aromatic heterocycles. The molecule has 0 saturated carbocycles. The van der Waals surface area contributed by atoms with Crippen molar-refractivity contribution in [1.82, 2.24) is 9.97 Å². The Morgan fingerprint density at radius 3 is 2.95 bits per heavy atom. The lowest BCUT2D eigenvalue weighted by Gasteiger charge is -2.07. The first-order valence-corrected chi connectivity index (χ1v) is 7.14. The van der Waals surface area contributed by atoms with E-state index in [9.17, 15) is 4.79 Å². The second kappa shape index (κ2) is 7.44. The average Bonchev–Trinajstić information content (AvgIpc) is 2.52. The quantitative estimate of drug-likeness (QED) is 0.653. The van der Waals surface area contributed by atoms with Crippen LogP contribution in [0.5, 0.6) is 5.75 Å². The highest BCUT2D eigenvalue weighted by Crippen LogP contribution is 2.25. The lowest BCUT2D eigenvalue weighted by Crippen LogP contribution is -1.92. The third-order valence-electron chi connectivity index (χ3n) is 2.63. The summed E-state index contributed by atoms with van der Waals surface area (Å²) in [6.45, 7) is 0. The van der Waals surface area contributed by atoms with E-state index >= 15 is 0 Å². The minimum absolute atomic E-state index is 0.640. The van der Waals surface area contributed by atoms with Gasteiger partial charge in [0.1, 0.15) is 10.8 Å². The maximum atomic E-state index is 10.6. The van der Waals surface area contributed by atoms with Gasteiger partial charge in [-0.25, -0.2) is 9.78 Å². The summed E-state index contributed by atoms with van der Waals surface area (Å²) in [5.41, 5.74) is 1.79. The lowest BCUT2D eigenvalue weighted by atomic mass is 10.1. The zero-order valence-corrected chi connectivity index (χ0v) is 12.2. The van der Waals surface area contributed by atoms with Crippen molar-refractivity contribution >= 4 is 23.8 Å². The number of aliphatic carboxylic acids is 1. The van der Waals surface area contributed by atoms with E-state index in [1.807, 2.05) is 18.2 Å². The van der Waals surface area contributed by atoms with E-state index in [-0.39, 0.29) is 0 Å². The van der Waals surface area contributed by atoms with Crippen LogP contribution in [-0.2, 0) is 10.5 Å². The van der Waals surface area contributed by atoms with Gasteiger partial charge in [-0.3, -0.25) is 4.98 Å². The van der Waals surface area contributed by atoms with Crippen LogP contribution in [0.2, 0.25) is 0 Å². The molecule has 5 nitrogen and oxygen atoms in total. The molecule has 1 N–H and O–H groups in total. The molecule has 0 spiro atoms. The first kappa shape index (κ1) is 15.1. The number of carboxylic acids is 1. The first-order valence-electron chi connectivity index (χ1n) is 6.16. The van der Waals surface area contributed by atoms with Gasteiger partial charge in [0.15, 0.2) is 0 Å². The van der Waals surface area contributed by atoms with Crippen molar-refractivity contribution in [3.63, 3.8) is 0 Å². The van der Waals surface area contributed by atoms with Crippen LogP contribution in [0.25, 0.3) is 6.08 Å². The number of methoxy groups -OCH3 is 1. The summed E-state index contributed by atoms with van der Waals surface area (Å²) in [5, 5.41) is 9.56. The molecule has 6 heteroatoms. The van der Waals surface area contributed by atoms with Crippen LogP contribution in [0, 0.1) is 0 Å².